The fourth-order valence-electron chi connectivity index (χ4n) is 3.37. The molecule has 0 aromatic heterocycles. The molecular weight excluding hydrogens is 326 g/mol. The van der Waals surface area contributed by atoms with E-state index in [1.807, 2.05) is 35.2 Å². The van der Waals surface area contributed by atoms with Crippen molar-refractivity contribution in [2.45, 2.75) is 45.6 Å². The third-order valence-electron chi connectivity index (χ3n) is 5.02. The Labute approximate surface area is 157 Å². The minimum Gasteiger partial charge on any atom is -0.344 e. The van der Waals surface area contributed by atoms with E-state index in [0.29, 0.717) is 18.8 Å². The van der Waals surface area contributed by atoms with Crippen LogP contribution in [-0.2, 0) is 9.59 Å². The van der Waals surface area contributed by atoms with Gasteiger partial charge in [-0.3, -0.25) is 9.59 Å². The Morgan fingerprint density at radius 2 is 1.65 bits per heavy atom. The van der Waals surface area contributed by atoms with Crippen LogP contribution in [-0.4, -0.2) is 60.9 Å². The minimum atomic E-state index is -0.422. The minimum absolute atomic E-state index is 0.0468. The van der Waals surface area contributed by atoms with Crippen molar-refractivity contribution in [3.63, 3.8) is 0 Å². The number of rotatable bonds is 7. The summed E-state index contributed by atoms with van der Waals surface area (Å²) in [6.07, 6.45) is 1.07. The van der Waals surface area contributed by atoms with E-state index in [-0.39, 0.29) is 17.7 Å². The van der Waals surface area contributed by atoms with E-state index >= 15 is 0 Å². The molecule has 2 amide bonds. The van der Waals surface area contributed by atoms with Crippen LogP contribution >= 0.6 is 0 Å². The van der Waals surface area contributed by atoms with Gasteiger partial charge in [-0.05, 0) is 30.9 Å². The van der Waals surface area contributed by atoms with Crippen LogP contribution in [0.25, 0.3) is 0 Å². The van der Waals surface area contributed by atoms with E-state index in [2.05, 4.69) is 38.0 Å². The highest BCUT2D eigenvalue weighted by molar-refractivity contribution is 5.88. The third kappa shape index (κ3) is 6.13. The molecular formula is C21H33N3O2. The Kier molecular flexibility index (Phi) is 7.64. The van der Waals surface area contributed by atoms with Crippen molar-refractivity contribution in [2.75, 3.05) is 33.2 Å². The van der Waals surface area contributed by atoms with E-state index < -0.39 is 6.04 Å². The summed E-state index contributed by atoms with van der Waals surface area (Å²) in [5.41, 5.74) is 1.15. The van der Waals surface area contributed by atoms with Gasteiger partial charge in [-0.2, -0.15) is 0 Å². The molecule has 1 aromatic carbocycles. The maximum absolute atomic E-state index is 12.9. The van der Waals surface area contributed by atoms with Gasteiger partial charge >= 0.3 is 0 Å². The normalized spacial score (nSPS) is 17.8. The van der Waals surface area contributed by atoms with Gasteiger partial charge in [-0.15, -0.1) is 0 Å². The summed E-state index contributed by atoms with van der Waals surface area (Å²) in [5, 5.41) is 3.01. The Bertz CT molecular complexity index is 580. The van der Waals surface area contributed by atoms with Crippen LogP contribution < -0.4 is 5.32 Å². The second kappa shape index (κ2) is 9.72. The lowest BCUT2D eigenvalue weighted by Crippen LogP contribution is -2.54. The molecule has 1 saturated heterocycles. The van der Waals surface area contributed by atoms with Crippen LogP contribution in [0.2, 0.25) is 0 Å². The second-order valence-electron chi connectivity index (χ2n) is 7.89. The van der Waals surface area contributed by atoms with Gasteiger partial charge in [-0.25, -0.2) is 0 Å². The van der Waals surface area contributed by atoms with E-state index in [4.69, 9.17) is 0 Å². The number of likely N-dealkylation sites (N-methyl/N-ethyl adjacent to an activating group) is 1. The van der Waals surface area contributed by atoms with Gasteiger partial charge in [0.15, 0.2) is 0 Å². The number of hydrogen-bond donors (Lipinski definition) is 1. The number of piperazine rings is 1. The molecule has 1 aliphatic heterocycles. The summed E-state index contributed by atoms with van der Waals surface area (Å²) in [6, 6.07) is 9.61. The van der Waals surface area contributed by atoms with Crippen LogP contribution in [0.4, 0.5) is 0 Å². The molecule has 144 valence electrons. The predicted molar refractivity (Wildman–Crippen MR) is 105 cm³/mol. The largest absolute Gasteiger partial charge is 0.344 e. The highest BCUT2D eigenvalue weighted by atomic mass is 16.2. The average molecular weight is 360 g/mol. The smallest absolute Gasteiger partial charge is 0.245 e. The number of amides is 2. The van der Waals surface area contributed by atoms with Gasteiger partial charge < -0.3 is 15.1 Å². The van der Waals surface area contributed by atoms with Gasteiger partial charge in [0.1, 0.15) is 6.04 Å². The van der Waals surface area contributed by atoms with Crippen LogP contribution in [0, 0.1) is 5.92 Å². The molecule has 0 saturated carbocycles. The van der Waals surface area contributed by atoms with Crippen LogP contribution in [0.3, 0.4) is 0 Å². The molecule has 5 heteroatoms. The lowest BCUT2D eigenvalue weighted by molar-refractivity contribution is -0.138. The van der Waals surface area contributed by atoms with Crippen molar-refractivity contribution >= 4 is 11.8 Å². The Balaban J connectivity index is 1.95. The molecule has 1 aliphatic rings. The van der Waals surface area contributed by atoms with Crippen molar-refractivity contribution in [2.24, 2.45) is 5.92 Å². The third-order valence-corrected chi connectivity index (χ3v) is 5.02. The van der Waals surface area contributed by atoms with Gasteiger partial charge in [0.05, 0.1) is 0 Å². The van der Waals surface area contributed by atoms with Gasteiger partial charge in [0, 0.05) is 32.6 Å². The van der Waals surface area contributed by atoms with Crippen LogP contribution in [0.15, 0.2) is 30.3 Å². The Morgan fingerprint density at radius 3 is 2.23 bits per heavy atom. The molecule has 2 unspecified atom stereocenters. The molecule has 5 nitrogen and oxygen atoms in total. The zero-order valence-electron chi connectivity index (χ0n) is 16.6. The lowest BCUT2D eigenvalue weighted by Gasteiger charge is -2.35. The van der Waals surface area contributed by atoms with E-state index in [1.165, 1.54) is 0 Å². The molecule has 1 heterocycles. The highest BCUT2D eigenvalue weighted by Gasteiger charge is 2.28. The van der Waals surface area contributed by atoms with Gasteiger partial charge in [-0.1, -0.05) is 51.1 Å². The summed E-state index contributed by atoms with van der Waals surface area (Å²) in [6.45, 7) is 9.47. The number of nitrogens with zero attached hydrogens (tertiary/aromatic N) is 2. The van der Waals surface area contributed by atoms with Gasteiger partial charge in [0.25, 0.3) is 0 Å². The molecule has 1 fully saturated rings. The molecule has 1 aromatic rings. The lowest BCUT2D eigenvalue weighted by atomic mass is 9.96. The summed E-state index contributed by atoms with van der Waals surface area (Å²) >= 11 is 0. The highest BCUT2D eigenvalue weighted by Crippen LogP contribution is 2.19. The summed E-state index contributed by atoms with van der Waals surface area (Å²) in [5.74, 6) is 0.500. The maximum atomic E-state index is 12.9. The zero-order valence-corrected chi connectivity index (χ0v) is 16.6. The molecule has 1 N–H and O–H groups in total. The monoisotopic (exact) mass is 359 g/mol. The fraction of sp³-hybridized carbons (Fsp3) is 0.619. The van der Waals surface area contributed by atoms with Gasteiger partial charge in [0.2, 0.25) is 11.8 Å². The zero-order chi connectivity index (χ0) is 19.1. The maximum Gasteiger partial charge on any atom is 0.245 e. The molecule has 26 heavy (non-hydrogen) atoms. The van der Waals surface area contributed by atoms with Crippen molar-refractivity contribution in [1.29, 1.82) is 0 Å². The number of nitrogens with one attached hydrogen (secondary N) is 1. The van der Waals surface area contributed by atoms with E-state index in [1.54, 1.807) is 0 Å². The van der Waals surface area contributed by atoms with Crippen molar-refractivity contribution in [3.05, 3.63) is 35.9 Å². The molecule has 0 spiro atoms. The number of carbonyl (C=O) groups excluding carboxylic acids is 2. The van der Waals surface area contributed by atoms with Crippen molar-refractivity contribution in [1.82, 2.24) is 15.1 Å². The van der Waals surface area contributed by atoms with E-state index in [0.717, 1.165) is 31.7 Å². The molecule has 2 atom stereocenters. The average Bonchev–Trinajstić information content (AvgIpc) is 2.61. The first-order valence-corrected chi connectivity index (χ1v) is 9.68. The molecule has 2 rings (SSSR count). The first-order chi connectivity index (χ1) is 12.4. The predicted octanol–water partition coefficient (Wildman–Crippen LogP) is 2.49. The molecule has 0 aliphatic carbocycles. The first kappa shape index (κ1) is 20.4. The SMILES string of the molecule is CC(C)CC(NC(=O)CC(C)c1ccccc1)C(=O)N1CCN(C)CC1. The first-order valence-electron chi connectivity index (χ1n) is 9.68. The summed E-state index contributed by atoms with van der Waals surface area (Å²) in [4.78, 5) is 29.6. The molecule has 0 bridgehead atoms. The van der Waals surface area contributed by atoms with E-state index in [9.17, 15) is 9.59 Å². The summed E-state index contributed by atoms with van der Waals surface area (Å²) in [7, 11) is 2.07. The fourth-order valence-corrected chi connectivity index (χ4v) is 3.37. The van der Waals surface area contributed by atoms with Crippen LogP contribution in [0.5, 0.6) is 0 Å². The van der Waals surface area contributed by atoms with Crippen molar-refractivity contribution < 1.29 is 9.59 Å². The second-order valence-corrected chi connectivity index (χ2v) is 7.89. The Morgan fingerprint density at radius 1 is 1.04 bits per heavy atom. The topological polar surface area (TPSA) is 52.7 Å². The van der Waals surface area contributed by atoms with Crippen molar-refractivity contribution in [3.8, 4) is 0 Å². The quantitative estimate of drug-likeness (QED) is 0.814. The van der Waals surface area contributed by atoms with Crippen LogP contribution in [0.1, 0.15) is 45.1 Å². The standard InChI is InChI=1S/C21H33N3O2/c1-16(2)14-19(21(26)24-12-10-23(4)11-13-24)22-20(25)15-17(3)18-8-6-5-7-9-18/h5-9,16-17,19H,10-15H2,1-4H3,(H,22,25). The summed E-state index contributed by atoms with van der Waals surface area (Å²) < 4.78 is 0. The Hall–Kier alpha value is -1.88. The molecule has 0 radical (unpaired) electrons. The number of hydrogen-bond acceptors (Lipinski definition) is 3. The number of benzene rings is 1. The number of carbonyl (C=O) groups is 2.